The van der Waals surface area contributed by atoms with Gasteiger partial charge in [-0.15, -0.1) is 0 Å². The molecule has 0 bridgehead atoms. The van der Waals surface area contributed by atoms with Crippen LogP contribution in [0.3, 0.4) is 0 Å². The molecular weight excluding hydrogens is 264 g/mol. The van der Waals surface area contributed by atoms with Gasteiger partial charge in [-0.05, 0) is 48.4 Å². The summed E-state index contributed by atoms with van der Waals surface area (Å²) in [5.74, 6) is -0.898. The Morgan fingerprint density at radius 2 is 1.71 bits per heavy atom. The van der Waals surface area contributed by atoms with E-state index in [0.29, 0.717) is 5.56 Å². The molecule has 3 N–H and O–H groups in total. The molecule has 0 aromatic heterocycles. The molecule has 4 nitrogen and oxygen atoms in total. The standard InChI is InChI=1S/C17H20N2O2/c1-2-11-19(16-9-7-15(18)8-10-16)12-13-3-5-14(6-4-13)17(20)21/h3-10H,2,11-12,18H2,1H3,(H,20,21). The van der Waals surface area contributed by atoms with Crippen LogP contribution >= 0.6 is 0 Å². The SMILES string of the molecule is CCCN(Cc1ccc(C(=O)O)cc1)c1ccc(N)cc1. The van der Waals surface area contributed by atoms with Gasteiger partial charge in [0, 0.05) is 24.5 Å². The van der Waals surface area contributed by atoms with Crippen molar-refractivity contribution in [2.75, 3.05) is 17.2 Å². The maximum absolute atomic E-state index is 10.9. The van der Waals surface area contributed by atoms with Crippen molar-refractivity contribution in [1.82, 2.24) is 0 Å². The molecule has 0 fully saturated rings. The van der Waals surface area contributed by atoms with E-state index in [4.69, 9.17) is 10.8 Å². The first-order valence-corrected chi connectivity index (χ1v) is 7.03. The van der Waals surface area contributed by atoms with E-state index in [-0.39, 0.29) is 0 Å². The number of anilines is 2. The molecule has 0 saturated heterocycles. The maximum Gasteiger partial charge on any atom is 0.335 e. The monoisotopic (exact) mass is 284 g/mol. The molecular formula is C17H20N2O2. The van der Waals surface area contributed by atoms with Crippen molar-refractivity contribution < 1.29 is 9.90 Å². The molecule has 2 aromatic rings. The summed E-state index contributed by atoms with van der Waals surface area (Å²) in [4.78, 5) is 13.1. The first-order valence-electron chi connectivity index (χ1n) is 7.03. The number of nitrogens with zero attached hydrogens (tertiary/aromatic N) is 1. The highest BCUT2D eigenvalue weighted by Gasteiger charge is 2.08. The minimum Gasteiger partial charge on any atom is -0.478 e. The summed E-state index contributed by atoms with van der Waals surface area (Å²) in [6.07, 6.45) is 1.04. The number of hydrogen-bond donors (Lipinski definition) is 2. The second kappa shape index (κ2) is 6.79. The minimum absolute atomic E-state index is 0.313. The number of carboxylic acid groups (broad SMARTS) is 1. The molecule has 0 amide bonds. The van der Waals surface area contributed by atoms with Gasteiger partial charge in [-0.2, -0.15) is 0 Å². The van der Waals surface area contributed by atoms with Crippen LogP contribution in [0.15, 0.2) is 48.5 Å². The Morgan fingerprint density at radius 1 is 1.10 bits per heavy atom. The number of aromatic carboxylic acids is 1. The molecule has 21 heavy (non-hydrogen) atoms. The number of benzene rings is 2. The fourth-order valence-electron chi connectivity index (χ4n) is 2.23. The molecule has 110 valence electrons. The van der Waals surface area contributed by atoms with Gasteiger partial charge >= 0.3 is 5.97 Å². The number of rotatable bonds is 6. The lowest BCUT2D eigenvalue weighted by Gasteiger charge is -2.24. The maximum atomic E-state index is 10.9. The van der Waals surface area contributed by atoms with Crippen molar-refractivity contribution >= 4 is 17.3 Å². The zero-order valence-corrected chi connectivity index (χ0v) is 12.1. The molecule has 4 heteroatoms. The van der Waals surface area contributed by atoms with Crippen LogP contribution in [-0.2, 0) is 6.54 Å². The van der Waals surface area contributed by atoms with E-state index in [1.807, 2.05) is 36.4 Å². The Bertz CT molecular complexity index is 591. The number of hydrogen-bond acceptors (Lipinski definition) is 3. The van der Waals surface area contributed by atoms with Gasteiger partial charge in [0.15, 0.2) is 0 Å². The van der Waals surface area contributed by atoms with E-state index < -0.39 is 5.97 Å². The van der Waals surface area contributed by atoms with E-state index in [0.717, 1.165) is 36.4 Å². The smallest absolute Gasteiger partial charge is 0.335 e. The summed E-state index contributed by atoms with van der Waals surface area (Å²) in [6.45, 7) is 3.82. The molecule has 0 saturated carbocycles. The molecule has 0 aliphatic carbocycles. The van der Waals surface area contributed by atoms with Crippen LogP contribution in [0.25, 0.3) is 0 Å². The number of carbonyl (C=O) groups is 1. The Hall–Kier alpha value is -2.49. The van der Waals surface area contributed by atoms with Gasteiger partial charge in [0.05, 0.1) is 5.56 Å². The largest absolute Gasteiger partial charge is 0.478 e. The lowest BCUT2D eigenvalue weighted by Crippen LogP contribution is -2.23. The predicted molar refractivity (Wildman–Crippen MR) is 85.6 cm³/mol. The minimum atomic E-state index is -0.898. The quantitative estimate of drug-likeness (QED) is 0.798. The summed E-state index contributed by atoms with van der Waals surface area (Å²) in [5, 5.41) is 8.92. The number of nitrogens with two attached hydrogens (primary N) is 1. The van der Waals surface area contributed by atoms with Crippen molar-refractivity contribution in [2.45, 2.75) is 19.9 Å². The third-order valence-corrected chi connectivity index (χ3v) is 3.33. The fourth-order valence-corrected chi connectivity index (χ4v) is 2.23. The van der Waals surface area contributed by atoms with Crippen molar-refractivity contribution in [2.24, 2.45) is 0 Å². The average molecular weight is 284 g/mol. The normalized spacial score (nSPS) is 10.3. The van der Waals surface area contributed by atoms with Crippen molar-refractivity contribution in [3.63, 3.8) is 0 Å². The van der Waals surface area contributed by atoms with Crippen LogP contribution in [0, 0.1) is 0 Å². The first-order chi connectivity index (χ1) is 10.1. The summed E-state index contributed by atoms with van der Waals surface area (Å²) < 4.78 is 0. The van der Waals surface area contributed by atoms with E-state index in [2.05, 4.69) is 11.8 Å². The number of carboxylic acids is 1. The highest BCUT2D eigenvalue weighted by atomic mass is 16.4. The van der Waals surface area contributed by atoms with Crippen molar-refractivity contribution in [3.05, 3.63) is 59.7 Å². The lowest BCUT2D eigenvalue weighted by molar-refractivity contribution is 0.0697. The van der Waals surface area contributed by atoms with E-state index in [1.165, 1.54) is 0 Å². The van der Waals surface area contributed by atoms with E-state index in [1.54, 1.807) is 12.1 Å². The van der Waals surface area contributed by atoms with Crippen molar-refractivity contribution in [3.8, 4) is 0 Å². The number of nitrogen functional groups attached to an aromatic ring is 1. The van der Waals surface area contributed by atoms with Crippen molar-refractivity contribution in [1.29, 1.82) is 0 Å². The molecule has 0 aliphatic heterocycles. The van der Waals surface area contributed by atoms with Crippen LogP contribution in [0.4, 0.5) is 11.4 Å². The van der Waals surface area contributed by atoms with Crippen LogP contribution in [0.2, 0.25) is 0 Å². The summed E-state index contributed by atoms with van der Waals surface area (Å²) >= 11 is 0. The predicted octanol–water partition coefficient (Wildman–Crippen LogP) is 3.38. The van der Waals surface area contributed by atoms with Gasteiger partial charge in [-0.1, -0.05) is 19.1 Å². The van der Waals surface area contributed by atoms with Gasteiger partial charge in [0.25, 0.3) is 0 Å². The highest BCUT2D eigenvalue weighted by molar-refractivity contribution is 5.87. The molecule has 2 rings (SSSR count). The molecule has 0 unspecified atom stereocenters. The molecule has 0 radical (unpaired) electrons. The zero-order chi connectivity index (χ0) is 15.2. The van der Waals surface area contributed by atoms with Crippen LogP contribution < -0.4 is 10.6 Å². The van der Waals surface area contributed by atoms with E-state index in [9.17, 15) is 4.79 Å². The second-order valence-corrected chi connectivity index (χ2v) is 5.02. The lowest BCUT2D eigenvalue weighted by atomic mass is 10.1. The Kier molecular flexibility index (Phi) is 4.82. The summed E-state index contributed by atoms with van der Waals surface area (Å²) in [7, 11) is 0. The molecule has 0 aliphatic rings. The third kappa shape index (κ3) is 3.99. The van der Waals surface area contributed by atoms with E-state index >= 15 is 0 Å². The molecule has 0 spiro atoms. The molecule has 0 atom stereocenters. The topological polar surface area (TPSA) is 66.6 Å². The van der Waals surface area contributed by atoms with Gasteiger partial charge in [0.2, 0.25) is 0 Å². The van der Waals surface area contributed by atoms with Crippen LogP contribution in [0.1, 0.15) is 29.3 Å². The fraction of sp³-hybridized carbons (Fsp3) is 0.235. The highest BCUT2D eigenvalue weighted by Crippen LogP contribution is 2.19. The Balaban J connectivity index is 2.15. The van der Waals surface area contributed by atoms with Crippen LogP contribution in [0.5, 0.6) is 0 Å². The first kappa shape index (κ1) is 14.9. The Labute approximate surface area is 124 Å². The van der Waals surface area contributed by atoms with Gasteiger partial charge < -0.3 is 15.7 Å². The third-order valence-electron chi connectivity index (χ3n) is 3.33. The summed E-state index contributed by atoms with van der Waals surface area (Å²) in [6, 6.07) is 14.8. The average Bonchev–Trinajstić information content (AvgIpc) is 2.48. The molecule has 0 heterocycles. The Morgan fingerprint density at radius 3 is 2.24 bits per heavy atom. The second-order valence-electron chi connectivity index (χ2n) is 5.02. The summed E-state index contributed by atoms with van der Waals surface area (Å²) in [5.41, 5.74) is 9.00. The van der Waals surface area contributed by atoms with Gasteiger partial charge in [-0.25, -0.2) is 4.79 Å². The zero-order valence-electron chi connectivity index (χ0n) is 12.1. The van der Waals surface area contributed by atoms with Gasteiger partial charge in [-0.3, -0.25) is 0 Å². The van der Waals surface area contributed by atoms with Crippen LogP contribution in [-0.4, -0.2) is 17.6 Å². The molecule has 2 aromatic carbocycles. The van der Waals surface area contributed by atoms with Gasteiger partial charge in [0.1, 0.15) is 0 Å².